The van der Waals surface area contributed by atoms with Crippen molar-refractivity contribution in [1.29, 1.82) is 0 Å². The predicted octanol–water partition coefficient (Wildman–Crippen LogP) is 3.48. The molecule has 1 aliphatic rings. The number of aryl methyl sites for hydroxylation is 1. The summed E-state index contributed by atoms with van der Waals surface area (Å²) in [5, 5.41) is 0. The van der Waals surface area contributed by atoms with Crippen molar-refractivity contribution in [3.8, 4) is 0 Å². The molecule has 1 aromatic rings. The Morgan fingerprint density at radius 3 is 2.19 bits per heavy atom. The third-order valence-corrected chi connectivity index (χ3v) is 3.71. The minimum Gasteiger partial charge on any atom is -0.299 e. The van der Waals surface area contributed by atoms with E-state index in [4.69, 9.17) is 0 Å². The highest BCUT2D eigenvalue weighted by Gasteiger charge is 2.15. The first-order valence-electron chi connectivity index (χ1n) is 6.58. The summed E-state index contributed by atoms with van der Waals surface area (Å²) in [4.78, 5) is 2.58. The Labute approximate surface area is 99.5 Å². The molecule has 0 radical (unpaired) electrons. The minimum absolute atomic E-state index is 0.929. The van der Waals surface area contributed by atoms with E-state index in [-0.39, 0.29) is 0 Å². The molecule has 0 atom stereocenters. The molecule has 1 heterocycles. The van der Waals surface area contributed by atoms with Gasteiger partial charge in [0.2, 0.25) is 0 Å². The van der Waals surface area contributed by atoms with Crippen LogP contribution in [0.25, 0.3) is 0 Å². The molecule has 0 aliphatic carbocycles. The number of benzene rings is 1. The van der Waals surface area contributed by atoms with E-state index in [1.54, 1.807) is 0 Å². The molecule has 0 unspecified atom stereocenters. The molecule has 0 aromatic heterocycles. The van der Waals surface area contributed by atoms with Crippen LogP contribution < -0.4 is 0 Å². The van der Waals surface area contributed by atoms with Crippen molar-refractivity contribution in [2.75, 3.05) is 13.1 Å². The molecule has 0 N–H and O–H groups in total. The van der Waals surface area contributed by atoms with Gasteiger partial charge in [0.15, 0.2) is 0 Å². The van der Waals surface area contributed by atoms with E-state index in [0.717, 1.165) is 18.9 Å². The molecule has 1 saturated heterocycles. The fourth-order valence-corrected chi connectivity index (χ4v) is 2.36. The van der Waals surface area contributed by atoms with Crippen molar-refractivity contribution in [3.63, 3.8) is 0 Å². The van der Waals surface area contributed by atoms with Crippen LogP contribution in [0.4, 0.5) is 0 Å². The molecule has 88 valence electrons. The Balaban J connectivity index is 1.88. The van der Waals surface area contributed by atoms with Crippen LogP contribution in [0.15, 0.2) is 24.3 Å². The van der Waals surface area contributed by atoms with Gasteiger partial charge < -0.3 is 0 Å². The summed E-state index contributed by atoms with van der Waals surface area (Å²) in [5.41, 5.74) is 2.91. The van der Waals surface area contributed by atoms with Crippen LogP contribution in [-0.4, -0.2) is 18.0 Å². The van der Waals surface area contributed by atoms with Crippen LogP contribution in [0, 0.1) is 5.92 Å². The molecule has 1 fully saturated rings. The number of rotatable bonds is 3. The lowest BCUT2D eigenvalue weighted by atomic mass is 9.99. The zero-order valence-electron chi connectivity index (χ0n) is 10.6. The van der Waals surface area contributed by atoms with Gasteiger partial charge in [0.1, 0.15) is 0 Å². The van der Waals surface area contributed by atoms with Gasteiger partial charge in [-0.05, 0) is 49.4 Å². The lowest BCUT2D eigenvalue weighted by Gasteiger charge is -2.30. The summed E-state index contributed by atoms with van der Waals surface area (Å²) in [5.74, 6) is 0.929. The van der Waals surface area contributed by atoms with Gasteiger partial charge in [-0.3, -0.25) is 4.90 Å². The van der Waals surface area contributed by atoms with Gasteiger partial charge in [-0.2, -0.15) is 0 Å². The second-order valence-electron chi connectivity index (χ2n) is 5.13. The number of likely N-dealkylation sites (tertiary alicyclic amines) is 1. The molecule has 0 bridgehead atoms. The first-order valence-corrected chi connectivity index (χ1v) is 6.58. The Bertz CT molecular complexity index is 307. The first kappa shape index (κ1) is 11.7. The van der Waals surface area contributed by atoms with E-state index >= 15 is 0 Å². The van der Waals surface area contributed by atoms with Crippen molar-refractivity contribution in [2.45, 2.75) is 39.7 Å². The molecule has 0 spiro atoms. The normalized spacial score (nSPS) is 18.9. The van der Waals surface area contributed by atoms with Crippen molar-refractivity contribution in [1.82, 2.24) is 4.90 Å². The van der Waals surface area contributed by atoms with Gasteiger partial charge in [-0.25, -0.2) is 0 Å². The summed E-state index contributed by atoms with van der Waals surface area (Å²) in [6.45, 7) is 8.26. The maximum atomic E-state index is 2.58. The average Bonchev–Trinajstić information content (AvgIpc) is 2.33. The van der Waals surface area contributed by atoms with Crippen molar-refractivity contribution < 1.29 is 0 Å². The largest absolute Gasteiger partial charge is 0.299 e. The molecular weight excluding hydrogens is 194 g/mol. The van der Waals surface area contributed by atoms with E-state index in [1.165, 1.54) is 37.1 Å². The van der Waals surface area contributed by atoms with Crippen molar-refractivity contribution in [2.24, 2.45) is 5.92 Å². The fourth-order valence-electron chi connectivity index (χ4n) is 2.36. The molecule has 1 aromatic carbocycles. The SMILES string of the molecule is CCc1ccc(CN2CCC(C)CC2)cc1. The summed E-state index contributed by atoms with van der Waals surface area (Å²) in [6.07, 6.45) is 3.88. The third kappa shape index (κ3) is 3.08. The van der Waals surface area contributed by atoms with Crippen molar-refractivity contribution >= 4 is 0 Å². The molecule has 1 heteroatoms. The summed E-state index contributed by atoms with van der Waals surface area (Å²) in [6, 6.07) is 9.11. The van der Waals surface area contributed by atoms with Crippen LogP contribution in [0.5, 0.6) is 0 Å². The number of hydrogen-bond donors (Lipinski definition) is 0. The lowest BCUT2D eigenvalue weighted by molar-refractivity contribution is 0.185. The highest BCUT2D eigenvalue weighted by Crippen LogP contribution is 2.18. The minimum atomic E-state index is 0.929. The van der Waals surface area contributed by atoms with Crippen LogP contribution >= 0.6 is 0 Å². The first-order chi connectivity index (χ1) is 7.78. The highest BCUT2D eigenvalue weighted by atomic mass is 15.1. The molecular formula is C15H23N. The van der Waals surface area contributed by atoms with Crippen LogP contribution in [0.3, 0.4) is 0 Å². The molecule has 0 amide bonds. The van der Waals surface area contributed by atoms with E-state index in [0.29, 0.717) is 0 Å². The topological polar surface area (TPSA) is 3.24 Å². The Hall–Kier alpha value is -0.820. The number of piperidine rings is 1. The van der Waals surface area contributed by atoms with Crippen LogP contribution in [-0.2, 0) is 13.0 Å². The average molecular weight is 217 g/mol. The van der Waals surface area contributed by atoms with Gasteiger partial charge >= 0.3 is 0 Å². The van der Waals surface area contributed by atoms with Gasteiger partial charge in [-0.15, -0.1) is 0 Å². The number of nitrogens with zero attached hydrogens (tertiary/aromatic N) is 1. The van der Waals surface area contributed by atoms with Gasteiger partial charge in [-0.1, -0.05) is 38.1 Å². The zero-order valence-corrected chi connectivity index (χ0v) is 10.6. The predicted molar refractivity (Wildman–Crippen MR) is 69.5 cm³/mol. The third-order valence-electron chi connectivity index (χ3n) is 3.71. The Morgan fingerprint density at radius 2 is 1.62 bits per heavy atom. The quantitative estimate of drug-likeness (QED) is 0.749. The van der Waals surface area contributed by atoms with E-state index in [2.05, 4.69) is 43.0 Å². The fraction of sp³-hybridized carbons (Fsp3) is 0.600. The molecule has 2 rings (SSSR count). The van der Waals surface area contributed by atoms with Crippen LogP contribution in [0.1, 0.15) is 37.8 Å². The van der Waals surface area contributed by atoms with Gasteiger partial charge in [0.05, 0.1) is 0 Å². The number of hydrogen-bond acceptors (Lipinski definition) is 1. The van der Waals surface area contributed by atoms with E-state index in [1.807, 2.05) is 0 Å². The maximum absolute atomic E-state index is 2.58. The standard InChI is InChI=1S/C15H23N/c1-3-14-4-6-15(7-5-14)12-16-10-8-13(2)9-11-16/h4-7,13H,3,8-12H2,1-2H3. The summed E-state index contributed by atoms with van der Waals surface area (Å²) >= 11 is 0. The molecule has 1 aliphatic heterocycles. The highest BCUT2D eigenvalue weighted by molar-refractivity contribution is 5.22. The molecule has 1 nitrogen and oxygen atoms in total. The Morgan fingerprint density at radius 1 is 1.06 bits per heavy atom. The maximum Gasteiger partial charge on any atom is 0.0233 e. The molecule has 0 saturated carbocycles. The zero-order chi connectivity index (χ0) is 11.4. The van der Waals surface area contributed by atoms with Crippen molar-refractivity contribution in [3.05, 3.63) is 35.4 Å². The molecule has 16 heavy (non-hydrogen) atoms. The summed E-state index contributed by atoms with van der Waals surface area (Å²) in [7, 11) is 0. The Kier molecular flexibility index (Phi) is 4.00. The lowest BCUT2D eigenvalue weighted by Crippen LogP contribution is -2.32. The summed E-state index contributed by atoms with van der Waals surface area (Å²) < 4.78 is 0. The van der Waals surface area contributed by atoms with E-state index in [9.17, 15) is 0 Å². The van der Waals surface area contributed by atoms with E-state index < -0.39 is 0 Å². The smallest absolute Gasteiger partial charge is 0.0233 e. The second-order valence-corrected chi connectivity index (χ2v) is 5.13. The van der Waals surface area contributed by atoms with Crippen LogP contribution in [0.2, 0.25) is 0 Å². The van der Waals surface area contributed by atoms with Gasteiger partial charge in [0, 0.05) is 6.54 Å². The second kappa shape index (κ2) is 5.49. The monoisotopic (exact) mass is 217 g/mol. The van der Waals surface area contributed by atoms with Gasteiger partial charge in [0.25, 0.3) is 0 Å².